The maximum absolute atomic E-state index is 14.2. The van der Waals surface area contributed by atoms with E-state index in [1.807, 2.05) is 11.8 Å². The van der Waals surface area contributed by atoms with Gasteiger partial charge in [-0.1, -0.05) is 6.92 Å². The second-order valence-electron chi connectivity index (χ2n) is 8.29. The monoisotopic (exact) mass is 436 g/mol. The van der Waals surface area contributed by atoms with Crippen molar-refractivity contribution in [3.05, 3.63) is 18.3 Å². The second kappa shape index (κ2) is 7.70. The predicted molar refractivity (Wildman–Crippen MR) is 108 cm³/mol. The zero-order valence-corrected chi connectivity index (χ0v) is 16.9. The van der Waals surface area contributed by atoms with E-state index in [1.54, 1.807) is 6.07 Å². The van der Waals surface area contributed by atoms with E-state index in [4.69, 9.17) is 15.5 Å². The number of anilines is 3. The number of morpholine rings is 1. The highest BCUT2D eigenvalue weighted by Gasteiger charge is 2.40. The molecule has 0 spiro atoms. The number of nitrogens with two attached hydrogens (primary N) is 1. The largest absolute Gasteiger partial charge is 0.431 e. The number of nitrogens with zero attached hydrogens (tertiary/aromatic N) is 5. The molecule has 2 aromatic heterocycles. The number of ether oxygens (including phenoxy) is 2. The third kappa shape index (κ3) is 3.82. The van der Waals surface area contributed by atoms with Gasteiger partial charge in [-0.25, -0.2) is 14.4 Å². The van der Waals surface area contributed by atoms with Gasteiger partial charge in [-0.3, -0.25) is 0 Å². The SMILES string of the molecule is C[C@@H]1CN(c2nc(-c3cnc(N)c(OC(F)F)c3)cc(N3C[C@@H]4C[C@H]3CO4)n2)C[C@@H]1F. The minimum Gasteiger partial charge on any atom is -0.431 e. The summed E-state index contributed by atoms with van der Waals surface area (Å²) in [6, 6.07) is 3.39. The molecule has 3 saturated heterocycles. The van der Waals surface area contributed by atoms with Crippen molar-refractivity contribution in [2.45, 2.75) is 38.3 Å². The number of alkyl halides is 3. The maximum Gasteiger partial charge on any atom is 0.387 e. The summed E-state index contributed by atoms with van der Waals surface area (Å²) in [4.78, 5) is 17.3. The number of rotatable bonds is 5. The summed E-state index contributed by atoms with van der Waals surface area (Å²) >= 11 is 0. The maximum atomic E-state index is 14.2. The van der Waals surface area contributed by atoms with E-state index in [1.165, 1.54) is 12.3 Å². The molecule has 5 rings (SSSR count). The van der Waals surface area contributed by atoms with E-state index in [2.05, 4.69) is 19.6 Å². The Bertz CT molecular complexity index is 970. The average molecular weight is 436 g/mol. The first-order chi connectivity index (χ1) is 14.9. The number of hydrogen-bond acceptors (Lipinski definition) is 8. The molecule has 0 aliphatic carbocycles. The molecule has 0 saturated carbocycles. The van der Waals surface area contributed by atoms with Crippen LogP contribution in [0.25, 0.3) is 11.3 Å². The highest BCUT2D eigenvalue weighted by atomic mass is 19.3. The number of hydrogen-bond donors (Lipinski definition) is 1. The number of halogens is 3. The normalized spacial score (nSPS) is 27.5. The van der Waals surface area contributed by atoms with E-state index in [0.717, 1.165) is 6.42 Å². The van der Waals surface area contributed by atoms with Gasteiger partial charge in [-0.05, 0) is 12.5 Å². The van der Waals surface area contributed by atoms with Gasteiger partial charge < -0.3 is 25.0 Å². The minimum absolute atomic E-state index is 0.129. The molecule has 2 bridgehead atoms. The van der Waals surface area contributed by atoms with Crippen molar-refractivity contribution < 1.29 is 22.6 Å². The second-order valence-corrected chi connectivity index (χ2v) is 8.29. The van der Waals surface area contributed by atoms with Gasteiger partial charge in [0.25, 0.3) is 0 Å². The molecule has 3 fully saturated rings. The molecular formula is C20H23F3N6O2. The van der Waals surface area contributed by atoms with Gasteiger partial charge in [0, 0.05) is 36.8 Å². The fourth-order valence-electron chi connectivity index (χ4n) is 4.41. The van der Waals surface area contributed by atoms with E-state index < -0.39 is 12.8 Å². The zero-order chi connectivity index (χ0) is 21.7. The average Bonchev–Trinajstić information content (AvgIpc) is 3.45. The molecular weight excluding hydrogens is 413 g/mol. The lowest BCUT2D eigenvalue weighted by Crippen LogP contribution is -2.38. The molecule has 0 unspecified atom stereocenters. The third-order valence-corrected chi connectivity index (χ3v) is 6.09. The van der Waals surface area contributed by atoms with Gasteiger partial charge in [-0.15, -0.1) is 0 Å². The van der Waals surface area contributed by atoms with Crippen LogP contribution in [0, 0.1) is 5.92 Å². The van der Waals surface area contributed by atoms with Crippen molar-refractivity contribution in [3.8, 4) is 17.0 Å². The lowest BCUT2D eigenvalue weighted by molar-refractivity contribution is -0.0494. The Hall–Kier alpha value is -2.82. The van der Waals surface area contributed by atoms with Crippen LogP contribution >= 0.6 is 0 Å². The van der Waals surface area contributed by atoms with Crippen LogP contribution in [0.2, 0.25) is 0 Å². The van der Waals surface area contributed by atoms with Crippen molar-refractivity contribution in [1.29, 1.82) is 0 Å². The molecule has 3 aliphatic rings. The highest BCUT2D eigenvalue weighted by molar-refractivity contribution is 5.68. The van der Waals surface area contributed by atoms with E-state index in [9.17, 15) is 13.2 Å². The molecule has 4 atom stereocenters. The Morgan fingerprint density at radius 2 is 2.06 bits per heavy atom. The van der Waals surface area contributed by atoms with Crippen molar-refractivity contribution in [3.63, 3.8) is 0 Å². The topological polar surface area (TPSA) is 89.6 Å². The van der Waals surface area contributed by atoms with Gasteiger partial charge in [0.05, 0.1) is 31.0 Å². The molecule has 5 heterocycles. The summed E-state index contributed by atoms with van der Waals surface area (Å²) in [6.07, 6.45) is 1.58. The molecule has 2 aromatic rings. The number of pyridine rings is 1. The van der Waals surface area contributed by atoms with Gasteiger partial charge in [0.2, 0.25) is 5.95 Å². The number of nitrogen functional groups attached to an aromatic ring is 1. The van der Waals surface area contributed by atoms with Crippen LogP contribution in [-0.2, 0) is 4.74 Å². The van der Waals surface area contributed by atoms with Crippen molar-refractivity contribution in [2.75, 3.05) is 41.8 Å². The first-order valence-electron chi connectivity index (χ1n) is 10.2. The molecule has 0 radical (unpaired) electrons. The van der Waals surface area contributed by atoms with Crippen LogP contribution in [0.15, 0.2) is 18.3 Å². The fourth-order valence-corrected chi connectivity index (χ4v) is 4.41. The molecule has 2 N–H and O–H groups in total. The molecule has 0 amide bonds. The standard InChI is InChI=1S/C20H23F3N6O2/c1-10-6-28(8-14(10)21)20-26-15(11-2-16(31-19(22)23)18(24)25-5-11)4-17(27-20)29-7-13-3-12(29)9-30-13/h2,4-5,10,12-14,19H,3,6-9H2,1H3,(H2,24,25)/t10-,12+,13+,14+/m1/s1. The summed E-state index contributed by atoms with van der Waals surface area (Å²) in [5, 5.41) is 0. The van der Waals surface area contributed by atoms with Gasteiger partial charge >= 0.3 is 6.61 Å². The van der Waals surface area contributed by atoms with Crippen molar-refractivity contribution in [2.24, 2.45) is 5.92 Å². The summed E-state index contributed by atoms with van der Waals surface area (Å²) < 4.78 is 49.8. The Kier molecular flexibility index (Phi) is 4.99. The highest BCUT2D eigenvalue weighted by Crippen LogP contribution is 2.36. The van der Waals surface area contributed by atoms with Gasteiger partial charge in [0.1, 0.15) is 12.0 Å². The first-order valence-corrected chi connectivity index (χ1v) is 10.2. The van der Waals surface area contributed by atoms with Crippen LogP contribution in [0.3, 0.4) is 0 Å². The first kappa shape index (κ1) is 20.1. The lowest BCUT2D eigenvalue weighted by atomic mass is 10.1. The van der Waals surface area contributed by atoms with Crippen molar-refractivity contribution in [1.82, 2.24) is 15.0 Å². The third-order valence-electron chi connectivity index (χ3n) is 6.09. The summed E-state index contributed by atoms with van der Waals surface area (Å²) in [7, 11) is 0. The Balaban J connectivity index is 1.55. The van der Waals surface area contributed by atoms with E-state index in [-0.39, 0.29) is 36.2 Å². The van der Waals surface area contributed by atoms with Crippen LogP contribution in [0.1, 0.15) is 13.3 Å². The van der Waals surface area contributed by atoms with Gasteiger partial charge in [0.15, 0.2) is 11.6 Å². The fraction of sp³-hybridized carbons (Fsp3) is 0.550. The Morgan fingerprint density at radius 1 is 1.23 bits per heavy atom. The molecule has 166 valence electrons. The van der Waals surface area contributed by atoms with E-state index in [0.29, 0.717) is 42.7 Å². The van der Waals surface area contributed by atoms with Crippen LogP contribution in [-0.4, -0.2) is 66.1 Å². The molecule has 8 nitrogen and oxygen atoms in total. The van der Waals surface area contributed by atoms with Gasteiger partial charge in [-0.2, -0.15) is 13.8 Å². The number of aromatic nitrogens is 3. The summed E-state index contributed by atoms with van der Waals surface area (Å²) in [5.74, 6) is 0.606. The van der Waals surface area contributed by atoms with Crippen LogP contribution in [0.5, 0.6) is 5.75 Å². The van der Waals surface area contributed by atoms with Crippen LogP contribution in [0.4, 0.5) is 30.8 Å². The predicted octanol–water partition coefficient (Wildman–Crippen LogP) is 2.49. The lowest BCUT2D eigenvalue weighted by Gasteiger charge is -2.29. The quantitative estimate of drug-likeness (QED) is 0.765. The molecule has 31 heavy (non-hydrogen) atoms. The smallest absolute Gasteiger partial charge is 0.387 e. The zero-order valence-electron chi connectivity index (χ0n) is 16.9. The Labute approximate surface area is 177 Å². The minimum atomic E-state index is -3.02. The van der Waals surface area contributed by atoms with E-state index >= 15 is 0 Å². The number of fused-ring (bicyclic) bond motifs is 2. The van der Waals surface area contributed by atoms with Crippen LogP contribution < -0.4 is 20.3 Å². The summed E-state index contributed by atoms with van der Waals surface area (Å²) in [6.45, 7) is 0.871. The molecule has 3 aliphatic heterocycles. The molecule has 11 heteroatoms. The Morgan fingerprint density at radius 3 is 2.71 bits per heavy atom. The molecule has 0 aromatic carbocycles. The summed E-state index contributed by atoms with van der Waals surface area (Å²) in [5.41, 5.74) is 6.61. The van der Waals surface area contributed by atoms with Crippen molar-refractivity contribution >= 4 is 17.6 Å².